The largest absolute Gasteiger partial charge is 0.332 e. The Bertz CT molecular complexity index is 1250. The van der Waals surface area contributed by atoms with Gasteiger partial charge >= 0.3 is 5.69 Å². The fourth-order valence-electron chi connectivity index (χ4n) is 4.36. The number of rotatable bonds is 6. The van der Waals surface area contributed by atoms with Crippen LogP contribution in [0.25, 0.3) is 11.2 Å². The Hall–Kier alpha value is -3.09. The van der Waals surface area contributed by atoms with Gasteiger partial charge in [0, 0.05) is 25.8 Å². The highest BCUT2D eigenvalue weighted by Crippen LogP contribution is 2.33. The molecule has 0 spiro atoms. The van der Waals surface area contributed by atoms with E-state index in [4.69, 9.17) is 4.98 Å². The molecule has 2 aromatic heterocycles. The summed E-state index contributed by atoms with van der Waals surface area (Å²) in [5, 5.41) is 0. The standard InChI is InChI=1S/C24H31N5O2/c1-6-7-8-18-9-11-19(12-10-18)27-14-17(4)15-28-20-21(25-23(27)28)26(5)24(31)29(22(20)30)13-16(2)3/h9-12,17H,2,6-8,13-15H2,1,3-5H3/t17-/m1/s1. The second-order valence-corrected chi connectivity index (χ2v) is 8.87. The van der Waals surface area contributed by atoms with E-state index in [1.54, 1.807) is 7.05 Å². The van der Waals surface area contributed by atoms with Crippen molar-refractivity contribution in [3.05, 3.63) is 62.8 Å². The summed E-state index contributed by atoms with van der Waals surface area (Å²) >= 11 is 0. The minimum atomic E-state index is -0.365. The zero-order valence-electron chi connectivity index (χ0n) is 18.9. The second-order valence-electron chi connectivity index (χ2n) is 8.87. The molecule has 0 N–H and O–H groups in total. The van der Waals surface area contributed by atoms with Crippen LogP contribution >= 0.6 is 0 Å². The summed E-state index contributed by atoms with van der Waals surface area (Å²) < 4.78 is 4.71. The molecule has 1 aliphatic heterocycles. The highest BCUT2D eigenvalue weighted by molar-refractivity contribution is 5.77. The van der Waals surface area contributed by atoms with Crippen molar-refractivity contribution < 1.29 is 0 Å². The summed E-state index contributed by atoms with van der Waals surface area (Å²) in [5.41, 5.74) is 3.38. The summed E-state index contributed by atoms with van der Waals surface area (Å²) in [6, 6.07) is 8.61. The van der Waals surface area contributed by atoms with E-state index in [1.165, 1.54) is 27.5 Å². The van der Waals surface area contributed by atoms with Gasteiger partial charge in [0.2, 0.25) is 5.95 Å². The number of hydrogen-bond donors (Lipinski definition) is 0. The molecule has 1 aliphatic rings. The van der Waals surface area contributed by atoms with Crippen molar-refractivity contribution in [1.29, 1.82) is 0 Å². The van der Waals surface area contributed by atoms with Crippen LogP contribution in [0.4, 0.5) is 11.6 Å². The van der Waals surface area contributed by atoms with Gasteiger partial charge in [-0.1, -0.05) is 44.6 Å². The number of benzene rings is 1. The maximum atomic E-state index is 13.3. The normalized spacial score (nSPS) is 16.0. The monoisotopic (exact) mass is 421 g/mol. The fourth-order valence-corrected chi connectivity index (χ4v) is 4.36. The van der Waals surface area contributed by atoms with Gasteiger partial charge < -0.3 is 9.47 Å². The van der Waals surface area contributed by atoms with Gasteiger partial charge in [0.05, 0.1) is 6.54 Å². The van der Waals surface area contributed by atoms with Crippen LogP contribution in [-0.2, 0) is 26.6 Å². The molecule has 3 heterocycles. The Morgan fingerprint density at radius 1 is 1.19 bits per heavy atom. The molecular weight excluding hydrogens is 390 g/mol. The van der Waals surface area contributed by atoms with Crippen LogP contribution in [0.5, 0.6) is 0 Å². The van der Waals surface area contributed by atoms with E-state index < -0.39 is 0 Å². The molecule has 7 nitrogen and oxygen atoms in total. The van der Waals surface area contributed by atoms with Gasteiger partial charge in [-0.25, -0.2) is 4.79 Å². The molecule has 0 amide bonds. The highest BCUT2D eigenvalue weighted by Gasteiger charge is 2.29. The van der Waals surface area contributed by atoms with E-state index in [0.29, 0.717) is 23.6 Å². The predicted molar refractivity (Wildman–Crippen MR) is 125 cm³/mol. The molecule has 0 saturated heterocycles. The van der Waals surface area contributed by atoms with E-state index >= 15 is 0 Å². The van der Waals surface area contributed by atoms with Gasteiger partial charge in [-0.3, -0.25) is 13.9 Å². The van der Waals surface area contributed by atoms with Crippen molar-refractivity contribution >= 4 is 22.8 Å². The number of imidazole rings is 1. The molecule has 4 rings (SSSR count). The van der Waals surface area contributed by atoms with E-state index in [1.807, 2.05) is 11.5 Å². The fraction of sp³-hybridized carbons (Fsp3) is 0.458. The van der Waals surface area contributed by atoms with Crippen LogP contribution < -0.4 is 16.1 Å². The SMILES string of the molecule is C=C(C)Cn1c(=O)c2c(nc3n2C[C@H](C)CN3c2ccc(CCCC)cc2)n(C)c1=O. The molecule has 1 atom stereocenters. The van der Waals surface area contributed by atoms with E-state index in [-0.39, 0.29) is 17.8 Å². The lowest BCUT2D eigenvalue weighted by Gasteiger charge is -2.33. The van der Waals surface area contributed by atoms with Crippen LogP contribution in [0.2, 0.25) is 0 Å². The molecule has 0 fully saturated rings. The van der Waals surface area contributed by atoms with Gasteiger partial charge in [0.15, 0.2) is 11.2 Å². The lowest BCUT2D eigenvalue weighted by atomic mass is 10.1. The van der Waals surface area contributed by atoms with Gasteiger partial charge in [0.1, 0.15) is 0 Å². The molecule has 0 bridgehead atoms. The molecule has 0 saturated carbocycles. The smallest absolute Gasteiger partial charge is 0.312 e. The number of aromatic nitrogens is 4. The van der Waals surface area contributed by atoms with E-state index in [2.05, 4.69) is 49.6 Å². The maximum Gasteiger partial charge on any atom is 0.332 e. The molecular formula is C24H31N5O2. The zero-order chi connectivity index (χ0) is 22.3. The third kappa shape index (κ3) is 3.73. The first-order valence-corrected chi connectivity index (χ1v) is 11.0. The first-order chi connectivity index (χ1) is 14.8. The van der Waals surface area contributed by atoms with Crippen molar-refractivity contribution in [3.8, 4) is 0 Å². The predicted octanol–water partition coefficient (Wildman–Crippen LogP) is 3.60. The second kappa shape index (κ2) is 8.21. The van der Waals surface area contributed by atoms with Gasteiger partial charge in [0.25, 0.3) is 5.56 Å². The van der Waals surface area contributed by atoms with E-state index in [0.717, 1.165) is 30.2 Å². The van der Waals surface area contributed by atoms with Gasteiger partial charge in [-0.2, -0.15) is 4.98 Å². The summed E-state index contributed by atoms with van der Waals surface area (Å²) in [5.74, 6) is 1.05. The molecule has 31 heavy (non-hydrogen) atoms. The number of aryl methyl sites for hydroxylation is 2. The van der Waals surface area contributed by atoms with Crippen molar-refractivity contribution in [1.82, 2.24) is 18.7 Å². The summed E-state index contributed by atoms with van der Waals surface area (Å²) in [7, 11) is 1.67. The molecule has 7 heteroatoms. The van der Waals surface area contributed by atoms with Crippen molar-refractivity contribution in [2.45, 2.75) is 53.1 Å². The zero-order valence-corrected chi connectivity index (χ0v) is 18.9. The van der Waals surface area contributed by atoms with Crippen LogP contribution in [-0.4, -0.2) is 25.2 Å². The number of anilines is 2. The first kappa shape index (κ1) is 21.2. The Kier molecular flexibility index (Phi) is 5.60. The van der Waals surface area contributed by atoms with Crippen LogP contribution in [0.15, 0.2) is 46.0 Å². The Balaban J connectivity index is 1.86. The molecule has 0 aliphatic carbocycles. The van der Waals surface area contributed by atoms with Crippen LogP contribution in [0.1, 0.15) is 39.2 Å². The van der Waals surface area contributed by atoms with Crippen LogP contribution in [0, 0.1) is 5.92 Å². The average Bonchev–Trinajstić information content (AvgIpc) is 3.13. The van der Waals surface area contributed by atoms with Gasteiger partial charge in [-0.05, 0) is 43.4 Å². The third-order valence-corrected chi connectivity index (χ3v) is 5.94. The summed E-state index contributed by atoms with van der Waals surface area (Å²) in [4.78, 5) is 33.0. The minimum Gasteiger partial charge on any atom is -0.312 e. The number of hydrogen-bond acceptors (Lipinski definition) is 4. The highest BCUT2D eigenvalue weighted by atomic mass is 16.2. The number of allylic oxidation sites excluding steroid dienone is 1. The summed E-state index contributed by atoms with van der Waals surface area (Å²) in [6.45, 7) is 11.8. The molecule has 3 aromatic rings. The lowest BCUT2D eigenvalue weighted by Crippen LogP contribution is -2.40. The Morgan fingerprint density at radius 2 is 1.90 bits per heavy atom. The van der Waals surface area contributed by atoms with E-state index in [9.17, 15) is 9.59 Å². The Labute approximate surface area is 182 Å². The number of fused-ring (bicyclic) bond motifs is 3. The lowest BCUT2D eigenvalue weighted by molar-refractivity contribution is 0.458. The number of unbranched alkanes of at least 4 members (excludes halogenated alkanes) is 1. The first-order valence-electron chi connectivity index (χ1n) is 11.0. The molecule has 0 radical (unpaired) electrons. The summed E-state index contributed by atoms with van der Waals surface area (Å²) in [6.07, 6.45) is 3.44. The Morgan fingerprint density at radius 3 is 2.55 bits per heavy atom. The van der Waals surface area contributed by atoms with Crippen molar-refractivity contribution in [2.75, 3.05) is 11.4 Å². The van der Waals surface area contributed by atoms with Crippen molar-refractivity contribution in [3.63, 3.8) is 0 Å². The average molecular weight is 422 g/mol. The molecule has 1 aromatic carbocycles. The van der Waals surface area contributed by atoms with Crippen LogP contribution in [0.3, 0.4) is 0 Å². The molecule has 164 valence electrons. The third-order valence-electron chi connectivity index (χ3n) is 5.94. The quantitative estimate of drug-likeness (QED) is 0.571. The topological polar surface area (TPSA) is 65.1 Å². The minimum absolute atomic E-state index is 0.209. The van der Waals surface area contributed by atoms with Gasteiger partial charge in [-0.15, -0.1) is 0 Å². The van der Waals surface area contributed by atoms with Crippen molar-refractivity contribution in [2.24, 2.45) is 13.0 Å². The maximum absolute atomic E-state index is 13.3. The molecule has 0 unspecified atom stereocenters. The number of nitrogens with zero attached hydrogens (tertiary/aromatic N) is 5.